The van der Waals surface area contributed by atoms with Crippen molar-refractivity contribution < 1.29 is 19.0 Å². The van der Waals surface area contributed by atoms with Crippen LogP contribution in [-0.2, 0) is 0 Å². The summed E-state index contributed by atoms with van der Waals surface area (Å²) in [5.41, 5.74) is 0.338. The molecule has 0 aliphatic heterocycles. The number of rotatable bonds is 5. The van der Waals surface area contributed by atoms with Gasteiger partial charge in [0, 0.05) is 12.1 Å². The summed E-state index contributed by atoms with van der Waals surface area (Å²) < 4.78 is 15.4. The fourth-order valence-corrected chi connectivity index (χ4v) is 1.43. The number of terminal acetylenes is 1. The predicted molar refractivity (Wildman–Crippen MR) is 67.3 cm³/mol. The van der Waals surface area contributed by atoms with Gasteiger partial charge in [-0.05, 0) is 0 Å². The Hall–Kier alpha value is -2.35. The van der Waals surface area contributed by atoms with Gasteiger partial charge in [0.15, 0.2) is 11.5 Å². The highest BCUT2D eigenvalue weighted by atomic mass is 16.5. The fourth-order valence-electron chi connectivity index (χ4n) is 1.43. The van der Waals surface area contributed by atoms with Gasteiger partial charge in [-0.1, -0.05) is 5.92 Å². The van der Waals surface area contributed by atoms with Crippen LogP contribution < -0.4 is 19.5 Å². The second-order valence-corrected chi connectivity index (χ2v) is 3.29. The van der Waals surface area contributed by atoms with Crippen molar-refractivity contribution >= 4 is 5.91 Å². The maximum Gasteiger partial charge on any atom is 0.255 e. The fraction of sp³-hybridized carbons (Fsp3) is 0.308. The largest absolute Gasteiger partial charge is 0.496 e. The number of ether oxygens (including phenoxy) is 3. The molecule has 0 unspecified atom stereocenters. The summed E-state index contributed by atoms with van der Waals surface area (Å²) in [7, 11) is 4.47. The highest BCUT2D eigenvalue weighted by molar-refractivity contribution is 5.97. The third-order valence-corrected chi connectivity index (χ3v) is 2.30. The first kappa shape index (κ1) is 13.7. The SMILES string of the molecule is C#CCNC(=O)c1cc(OC)c(OC)cc1OC. The lowest BCUT2D eigenvalue weighted by molar-refractivity contribution is 0.0955. The van der Waals surface area contributed by atoms with Crippen molar-refractivity contribution in [3.63, 3.8) is 0 Å². The maximum absolute atomic E-state index is 11.9. The van der Waals surface area contributed by atoms with Crippen molar-refractivity contribution in [2.45, 2.75) is 0 Å². The summed E-state index contributed by atoms with van der Waals surface area (Å²) in [5.74, 6) is 3.33. The molecule has 1 aromatic rings. The number of amides is 1. The smallest absolute Gasteiger partial charge is 0.255 e. The van der Waals surface area contributed by atoms with Crippen LogP contribution in [0.3, 0.4) is 0 Å². The molecule has 1 amide bonds. The van der Waals surface area contributed by atoms with Gasteiger partial charge in [0.25, 0.3) is 5.91 Å². The molecule has 0 spiro atoms. The molecule has 0 saturated heterocycles. The van der Waals surface area contributed by atoms with Crippen LogP contribution in [0.25, 0.3) is 0 Å². The lowest BCUT2D eigenvalue weighted by Crippen LogP contribution is -2.24. The zero-order valence-corrected chi connectivity index (χ0v) is 10.6. The quantitative estimate of drug-likeness (QED) is 0.793. The van der Waals surface area contributed by atoms with Crippen molar-refractivity contribution in [2.75, 3.05) is 27.9 Å². The lowest BCUT2D eigenvalue weighted by Gasteiger charge is -2.13. The number of hydrogen-bond donors (Lipinski definition) is 1. The van der Waals surface area contributed by atoms with E-state index in [-0.39, 0.29) is 12.5 Å². The molecule has 0 fully saturated rings. The van der Waals surface area contributed by atoms with Crippen molar-refractivity contribution in [3.05, 3.63) is 17.7 Å². The van der Waals surface area contributed by atoms with Gasteiger partial charge in [0.1, 0.15) is 5.75 Å². The van der Waals surface area contributed by atoms with E-state index in [9.17, 15) is 4.79 Å². The third kappa shape index (κ3) is 2.86. The molecule has 1 rings (SSSR count). The zero-order chi connectivity index (χ0) is 13.5. The van der Waals surface area contributed by atoms with Crippen molar-refractivity contribution in [3.8, 4) is 29.6 Å². The Bertz CT molecular complexity index is 477. The van der Waals surface area contributed by atoms with E-state index >= 15 is 0 Å². The van der Waals surface area contributed by atoms with Crippen LogP contribution in [0.2, 0.25) is 0 Å². The van der Waals surface area contributed by atoms with Gasteiger partial charge < -0.3 is 19.5 Å². The number of benzene rings is 1. The van der Waals surface area contributed by atoms with E-state index in [1.807, 2.05) is 0 Å². The molecule has 18 heavy (non-hydrogen) atoms. The topological polar surface area (TPSA) is 56.8 Å². The van der Waals surface area contributed by atoms with E-state index in [0.717, 1.165) is 0 Å². The van der Waals surface area contributed by atoms with Crippen LogP contribution in [0.15, 0.2) is 12.1 Å². The van der Waals surface area contributed by atoms with Crippen molar-refractivity contribution in [1.29, 1.82) is 0 Å². The molecule has 0 aliphatic rings. The van der Waals surface area contributed by atoms with Gasteiger partial charge in [-0.25, -0.2) is 0 Å². The van der Waals surface area contributed by atoms with Crippen LogP contribution >= 0.6 is 0 Å². The first-order valence-electron chi connectivity index (χ1n) is 5.19. The first-order valence-corrected chi connectivity index (χ1v) is 5.19. The molecule has 1 aromatic carbocycles. The van der Waals surface area contributed by atoms with E-state index in [4.69, 9.17) is 20.6 Å². The van der Waals surface area contributed by atoms with Crippen LogP contribution in [0.1, 0.15) is 10.4 Å². The van der Waals surface area contributed by atoms with Gasteiger partial charge in [-0.2, -0.15) is 0 Å². The summed E-state index contributed by atoms with van der Waals surface area (Å²) >= 11 is 0. The molecule has 5 nitrogen and oxygen atoms in total. The van der Waals surface area contributed by atoms with Crippen molar-refractivity contribution in [2.24, 2.45) is 0 Å². The molecule has 0 aliphatic carbocycles. The van der Waals surface area contributed by atoms with Crippen LogP contribution in [0, 0.1) is 12.3 Å². The van der Waals surface area contributed by atoms with E-state index in [0.29, 0.717) is 22.8 Å². The van der Waals surface area contributed by atoms with E-state index in [1.54, 1.807) is 12.1 Å². The zero-order valence-electron chi connectivity index (χ0n) is 10.6. The Morgan fingerprint density at radius 3 is 2.22 bits per heavy atom. The summed E-state index contributed by atoms with van der Waals surface area (Å²) in [6, 6.07) is 3.13. The van der Waals surface area contributed by atoms with Crippen LogP contribution in [0.4, 0.5) is 0 Å². The van der Waals surface area contributed by atoms with E-state index in [2.05, 4.69) is 11.2 Å². The Morgan fingerprint density at radius 2 is 1.72 bits per heavy atom. The minimum Gasteiger partial charge on any atom is -0.496 e. The Balaban J connectivity index is 3.17. The number of carbonyl (C=O) groups excluding carboxylic acids is 1. The molecule has 0 aromatic heterocycles. The summed E-state index contributed by atoms with van der Waals surface area (Å²) in [5, 5.41) is 2.56. The minimum atomic E-state index is -0.328. The van der Waals surface area contributed by atoms with Crippen LogP contribution in [-0.4, -0.2) is 33.8 Å². The predicted octanol–water partition coefficient (Wildman–Crippen LogP) is 1.08. The molecular weight excluding hydrogens is 234 g/mol. The van der Waals surface area contributed by atoms with Crippen LogP contribution in [0.5, 0.6) is 17.2 Å². The second kappa shape index (κ2) is 6.40. The molecule has 0 atom stereocenters. The highest BCUT2D eigenvalue weighted by Crippen LogP contribution is 2.34. The average Bonchev–Trinajstić information content (AvgIpc) is 2.42. The monoisotopic (exact) mass is 249 g/mol. The molecule has 96 valence electrons. The standard InChI is InChI=1S/C13H15NO4/c1-5-6-14-13(15)9-7-11(17-3)12(18-4)8-10(9)16-2/h1,7-8H,6H2,2-4H3,(H,14,15). The second-order valence-electron chi connectivity index (χ2n) is 3.29. The number of methoxy groups -OCH3 is 3. The van der Waals surface area contributed by atoms with Gasteiger partial charge in [-0.3, -0.25) is 4.79 Å². The minimum absolute atomic E-state index is 0.149. The Kier molecular flexibility index (Phi) is 4.88. The van der Waals surface area contributed by atoms with Gasteiger partial charge in [0.2, 0.25) is 0 Å². The Morgan fingerprint density at radius 1 is 1.17 bits per heavy atom. The summed E-state index contributed by atoms with van der Waals surface area (Å²) in [4.78, 5) is 11.9. The average molecular weight is 249 g/mol. The molecule has 1 N–H and O–H groups in total. The van der Waals surface area contributed by atoms with E-state index < -0.39 is 0 Å². The summed E-state index contributed by atoms with van der Waals surface area (Å²) in [6.45, 7) is 0.149. The normalized spacial score (nSPS) is 9.22. The Labute approximate surface area is 106 Å². The van der Waals surface area contributed by atoms with Gasteiger partial charge >= 0.3 is 0 Å². The molecule has 0 heterocycles. The molecule has 0 bridgehead atoms. The first-order chi connectivity index (χ1) is 8.67. The van der Waals surface area contributed by atoms with Gasteiger partial charge in [-0.15, -0.1) is 6.42 Å². The maximum atomic E-state index is 11.9. The van der Waals surface area contributed by atoms with E-state index in [1.165, 1.54) is 21.3 Å². The molecule has 0 radical (unpaired) electrons. The number of carbonyl (C=O) groups is 1. The highest BCUT2D eigenvalue weighted by Gasteiger charge is 2.17. The van der Waals surface area contributed by atoms with Gasteiger partial charge in [0.05, 0.1) is 33.4 Å². The molecular formula is C13H15NO4. The third-order valence-electron chi connectivity index (χ3n) is 2.30. The lowest BCUT2D eigenvalue weighted by atomic mass is 10.1. The van der Waals surface area contributed by atoms with Crippen molar-refractivity contribution in [1.82, 2.24) is 5.32 Å². The molecule has 5 heteroatoms. The number of nitrogens with one attached hydrogen (secondary N) is 1. The summed E-state index contributed by atoms with van der Waals surface area (Å²) in [6.07, 6.45) is 5.09. The molecule has 0 saturated carbocycles. The number of hydrogen-bond acceptors (Lipinski definition) is 4.